The Hall–Kier alpha value is -2.20. The number of ketones is 1. The predicted octanol–water partition coefficient (Wildman–Crippen LogP) is 4.23. The molecule has 0 fully saturated rings. The van der Waals surface area contributed by atoms with Gasteiger partial charge in [0.2, 0.25) is 5.78 Å². The third-order valence-electron chi connectivity index (χ3n) is 3.42. The second kappa shape index (κ2) is 6.28. The van der Waals surface area contributed by atoms with E-state index in [2.05, 4.69) is 20.9 Å². The number of benzene rings is 2. The lowest BCUT2D eigenvalue weighted by Crippen LogP contribution is -2.12. The number of aromatic nitrogens is 2. The van der Waals surface area contributed by atoms with Crippen molar-refractivity contribution in [3.05, 3.63) is 87.9 Å². The summed E-state index contributed by atoms with van der Waals surface area (Å²) in [6.07, 6.45) is 3.51. The number of hydrogen-bond acceptors (Lipinski definition) is 2. The Balaban J connectivity index is 1.92. The molecule has 3 rings (SSSR count). The van der Waals surface area contributed by atoms with Crippen molar-refractivity contribution in [1.29, 1.82) is 0 Å². The van der Waals surface area contributed by atoms with Gasteiger partial charge in [-0.25, -0.2) is 4.98 Å². The molecule has 0 aliphatic rings. The molecule has 0 amide bonds. The highest BCUT2D eigenvalue weighted by atomic mass is 79.9. The number of halogens is 1. The van der Waals surface area contributed by atoms with E-state index in [0.717, 1.165) is 15.6 Å². The lowest BCUT2D eigenvalue weighted by molar-refractivity contribution is 0.102. The van der Waals surface area contributed by atoms with Gasteiger partial charge in [-0.3, -0.25) is 4.79 Å². The third-order valence-corrected chi connectivity index (χ3v) is 3.88. The van der Waals surface area contributed by atoms with Gasteiger partial charge in [-0.05, 0) is 36.2 Å². The van der Waals surface area contributed by atoms with E-state index in [-0.39, 0.29) is 5.78 Å². The topological polar surface area (TPSA) is 34.9 Å². The smallest absolute Gasteiger partial charge is 0.228 e. The zero-order valence-electron chi connectivity index (χ0n) is 12.2. The summed E-state index contributed by atoms with van der Waals surface area (Å²) in [4.78, 5) is 17.0. The highest BCUT2D eigenvalue weighted by Crippen LogP contribution is 2.18. The van der Waals surface area contributed by atoms with Crippen LogP contribution < -0.4 is 0 Å². The second-order valence-corrected chi connectivity index (χ2v) is 6.13. The van der Waals surface area contributed by atoms with E-state index in [9.17, 15) is 4.79 Å². The molecule has 3 nitrogen and oxygen atoms in total. The van der Waals surface area contributed by atoms with Crippen LogP contribution in [0.2, 0.25) is 0 Å². The molecule has 0 saturated carbocycles. The maximum Gasteiger partial charge on any atom is 0.228 e. The number of imidazole rings is 1. The second-order valence-electron chi connectivity index (χ2n) is 5.21. The Labute approximate surface area is 137 Å². The van der Waals surface area contributed by atoms with Crippen LogP contribution in [0.5, 0.6) is 0 Å². The van der Waals surface area contributed by atoms with Crippen molar-refractivity contribution in [2.24, 2.45) is 0 Å². The summed E-state index contributed by atoms with van der Waals surface area (Å²) >= 11 is 3.44. The van der Waals surface area contributed by atoms with Gasteiger partial charge in [0.15, 0.2) is 5.82 Å². The quantitative estimate of drug-likeness (QED) is 0.657. The molecule has 0 spiro atoms. The number of hydrogen-bond donors (Lipinski definition) is 0. The first-order valence-electron chi connectivity index (χ1n) is 7.00. The maximum atomic E-state index is 12.7. The van der Waals surface area contributed by atoms with Gasteiger partial charge in [-0.2, -0.15) is 0 Å². The Morgan fingerprint density at radius 3 is 2.68 bits per heavy atom. The van der Waals surface area contributed by atoms with Gasteiger partial charge in [0, 0.05) is 29.0 Å². The van der Waals surface area contributed by atoms with Crippen LogP contribution in [0, 0.1) is 6.92 Å². The van der Waals surface area contributed by atoms with Gasteiger partial charge >= 0.3 is 0 Å². The molecule has 1 heterocycles. The first kappa shape index (κ1) is 14.7. The van der Waals surface area contributed by atoms with Crippen molar-refractivity contribution >= 4 is 21.7 Å². The van der Waals surface area contributed by atoms with Gasteiger partial charge in [0.1, 0.15) is 0 Å². The van der Waals surface area contributed by atoms with Gasteiger partial charge in [-0.15, -0.1) is 0 Å². The average molecular weight is 355 g/mol. The van der Waals surface area contributed by atoms with Crippen LogP contribution in [0.4, 0.5) is 0 Å². The minimum Gasteiger partial charge on any atom is -0.324 e. The number of carbonyl (C=O) groups is 1. The largest absolute Gasteiger partial charge is 0.324 e. The number of aryl methyl sites for hydroxylation is 1. The van der Waals surface area contributed by atoms with Crippen LogP contribution in [0.1, 0.15) is 27.3 Å². The maximum absolute atomic E-state index is 12.7. The lowest BCUT2D eigenvalue weighted by Gasteiger charge is -2.08. The van der Waals surface area contributed by atoms with Crippen LogP contribution in [-0.2, 0) is 6.54 Å². The fourth-order valence-electron chi connectivity index (χ4n) is 2.42. The summed E-state index contributed by atoms with van der Waals surface area (Å²) in [7, 11) is 0. The Morgan fingerprint density at radius 1 is 1.18 bits per heavy atom. The van der Waals surface area contributed by atoms with Crippen LogP contribution >= 0.6 is 15.9 Å². The molecule has 4 heteroatoms. The molecule has 2 aromatic carbocycles. The van der Waals surface area contributed by atoms with E-state index >= 15 is 0 Å². The van der Waals surface area contributed by atoms with Gasteiger partial charge in [-0.1, -0.05) is 46.3 Å². The molecule has 0 N–H and O–H groups in total. The Bertz CT molecular complexity index is 789. The standard InChI is InChI=1S/C18H15BrN2O/c1-13-9-15(11-16(19)10-13)17(22)18-20-7-8-21(18)12-14-5-3-2-4-6-14/h2-11H,12H2,1H3. The van der Waals surface area contributed by atoms with Gasteiger partial charge in [0.25, 0.3) is 0 Å². The van der Waals surface area contributed by atoms with Crippen molar-refractivity contribution in [3.8, 4) is 0 Å². The van der Waals surface area contributed by atoms with Crippen LogP contribution in [-0.4, -0.2) is 15.3 Å². The molecular weight excluding hydrogens is 340 g/mol. The predicted molar refractivity (Wildman–Crippen MR) is 90.1 cm³/mol. The van der Waals surface area contributed by atoms with E-state index in [1.165, 1.54) is 0 Å². The minimum atomic E-state index is -0.0645. The number of nitrogens with zero attached hydrogens (tertiary/aromatic N) is 2. The summed E-state index contributed by atoms with van der Waals surface area (Å²) in [5.74, 6) is 0.395. The molecule has 1 aromatic heterocycles. The van der Waals surface area contributed by atoms with E-state index in [4.69, 9.17) is 0 Å². The zero-order valence-corrected chi connectivity index (χ0v) is 13.7. The number of carbonyl (C=O) groups excluding carboxylic acids is 1. The normalized spacial score (nSPS) is 10.6. The fraction of sp³-hybridized carbons (Fsp3) is 0.111. The first-order chi connectivity index (χ1) is 10.6. The molecule has 0 unspecified atom stereocenters. The molecule has 0 bridgehead atoms. The third kappa shape index (κ3) is 3.17. The van der Waals surface area contributed by atoms with Crippen LogP contribution in [0.15, 0.2) is 65.4 Å². The molecule has 0 saturated heterocycles. The summed E-state index contributed by atoms with van der Waals surface area (Å²) in [6.45, 7) is 2.60. The summed E-state index contributed by atoms with van der Waals surface area (Å²) < 4.78 is 2.78. The van der Waals surface area contributed by atoms with E-state index in [1.807, 2.05) is 66.2 Å². The highest BCUT2D eigenvalue weighted by Gasteiger charge is 2.16. The first-order valence-corrected chi connectivity index (χ1v) is 7.80. The summed E-state index contributed by atoms with van der Waals surface area (Å²) in [6, 6.07) is 15.7. The van der Waals surface area contributed by atoms with E-state index < -0.39 is 0 Å². The average Bonchev–Trinajstić information content (AvgIpc) is 2.94. The molecule has 3 aromatic rings. The van der Waals surface area contributed by atoms with Crippen molar-refractivity contribution in [2.45, 2.75) is 13.5 Å². The Kier molecular flexibility index (Phi) is 4.20. The van der Waals surface area contributed by atoms with Crippen molar-refractivity contribution in [3.63, 3.8) is 0 Å². The van der Waals surface area contributed by atoms with E-state index in [1.54, 1.807) is 6.20 Å². The molecular formula is C18H15BrN2O. The van der Waals surface area contributed by atoms with Crippen molar-refractivity contribution < 1.29 is 4.79 Å². The molecule has 110 valence electrons. The van der Waals surface area contributed by atoms with Gasteiger partial charge in [0.05, 0.1) is 0 Å². The highest BCUT2D eigenvalue weighted by molar-refractivity contribution is 9.10. The Morgan fingerprint density at radius 2 is 1.95 bits per heavy atom. The monoisotopic (exact) mass is 354 g/mol. The fourth-order valence-corrected chi connectivity index (χ4v) is 3.03. The SMILES string of the molecule is Cc1cc(Br)cc(C(=O)c2nccn2Cc2ccccc2)c1. The van der Waals surface area contributed by atoms with Crippen molar-refractivity contribution in [2.75, 3.05) is 0 Å². The van der Waals surface area contributed by atoms with E-state index in [0.29, 0.717) is 17.9 Å². The van der Waals surface area contributed by atoms with Crippen LogP contribution in [0.25, 0.3) is 0 Å². The minimum absolute atomic E-state index is 0.0645. The van der Waals surface area contributed by atoms with Crippen LogP contribution in [0.3, 0.4) is 0 Å². The molecule has 0 atom stereocenters. The lowest BCUT2D eigenvalue weighted by atomic mass is 10.1. The number of rotatable bonds is 4. The summed E-state index contributed by atoms with van der Waals surface area (Å²) in [5.41, 5.74) is 2.83. The molecule has 0 radical (unpaired) electrons. The molecule has 22 heavy (non-hydrogen) atoms. The molecule has 0 aliphatic carbocycles. The zero-order chi connectivity index (χ0) is 15.5. The van der Waals surface area contributed by atoms with Gasteiger partial charge < -0.3 is 4.57 Å². The summed E-state index contributed by atoms with van der Waals surface area (Å²) in [5, 5.41) is 0. The van der Waals surface area contributed by atoms with Crippen molar-refractivity contribution in [1.82, 2.24) is 9.55 Å². The molecule has 0 aliphatic heterocycles.